The lowest BCUT2D eigenvalue weighted by Crippen LogP contribution is -2.39. The van der Waals surface area contributed by atoms with Crippen LogP contribution in [-0.4, -0.2) is 55.0 Å². The van der Waals surface area contributed by atoms with Crippen molar-refractivity contribution in [3.05, 3.63) is 29.3 Å². The molecule has 0 aliphatic carbocycles. The number of carbonyl (C=O) groups is 3. The van der Waals surface area contributed by atoms with Gasteiger partial charge in [-0.3, -0.25) is 9.59 Å². The molecule has 2 heterocycles. The lowest BCUT2D eigenvalue weighted by Gasteiger charge is -2.24. The summed E-state index contributed by atoms with van der Waals surface area (Å²) in [5.74, 6) is -0.356. The highest BCUT2D eigenvalue weighted by Gasteiger charge is 2.39. The molecule has 1 aromatic carbocycles. The van der Waals surface area contributed by atoms with E-state index in [0.717, 1.165) is 24.4 Å². The molecule has 2 N–H and O–H groups in total. The predicted molar refractivity (Wildman–Crippen MR) is 102 cm³/mol. The van der Waals surface area contributed by atoms with Gasteiger partial charge in [0.1, 0.15) is 6.04 Å². The van der Waals surface area contributed by atoms with Gasteiger partial charge in [-0.2, -0.15) is 0 Å². The molecule has 2 unspecified atom stereocenters. The van der Waals surface area contributed by atoms with Crippen LogP contribution in [-0.2, 0) is 9.59 Å². The monoisotopic (exact) mass is 400 g/mol. The first-order chi connectivity index (χ1) is 12.0. The summed E-state index contributed by atoms with van der Waals surface area (Å²) in [4.78, 5) is 39.8. The molecular weight excluding hydrogens is 379 g/mol. The summed E-state index contributed by atoms with van der Waals surface area (Å²) in [6.07, 6.45) is 1.45. The number of nitrogens with one attached hydrogen (secondary N) is 2. The van der Waals surface area contributed by atoms with Crippen molar-refractivity contribution in [2.45, 2.75) is 31.3 Å². The van der Waals surface area contributed by atoms with E-state index in [2.05, 4.69) is 10.6 Å². The molecule has 1 aromatic rings. The van der Waals surface area contributed by atoms with Crippen LogP contribution in [0.5, 0.6) is 0 Å². The zero-order valence-electron chi connectivity index (χ0n) is 14.4. The van der Waals surface area contributed by atoms with Crippen LogP contribution in [0, 0.1) is 0 Å². The Morgan fingerprint density at radius 2 is 2.00 bits per heavy atom. The van der Waals surface area contributed by atoms with E-state index in [4.69, 9.17) is 11.6 Å². The van der Waals surface area contributed by atoms with E-state index >= 15 is 0 Å². The Morgan fingerprint density at radius 3 is 2.62 bits per heavy atom. The first-order valence-electron chi connectivity index (χ1n) is 8.34. The maximum atomic E-state index is 12.5. The minimum Gasteiger partial charge on any atom is -0.341 e. The van der Waals surface area contributed by atoms with Gasteiger partial charge in [0.05, 0.1) is 5.69 Å². The summed E-state index contributed by atoms with van der Waals surface area (Å²) in [6, 6.07) is 5.53. The Kier molecular flexibility index (Phi) is 6.86. The number of hydrogen-bond donors (Lipinski definition) is 2. The third-order valence-electron chi connectivity index (χ3n) is 4.73. The van der Waals surface area contributed by atoms with E-state index < -0.39 is 12.1 Å². The molecule has 2 atom stereocenters. The fourth-order valence-corrected chi connectivity index (χ4v) is 3.31. The molecule has 9 heteroatoms. The number of amides is 4. The van der Waals surface area contributed by atoms with Crippen LogP contribution >= 0.6 is 24.0 Å². The fraction of sp³-hybridized carbons (Fsp3) is 0.471. The number of likely N-dealkylation sites (N-methyl/N-ethyl adjacent to an activating group) is 1. The largest absolute Gasteiger partial charge is 0.341 e. The van der Waals surface area contributed by atoms with Crippen molar-refractivity contribution < 1.29 is 14.4 Å². The zero-order valence-corrected chi connectivity index (χ0v) is 16.0. The van der Waals surface area contributed by atoms with Gasteiger partial charge in [0.2, 0.25) is 5.91 Å². The molecule has 26 heavy (non-hydrogen) atoms. The lowest BCUT2D eigenvalue weighted by atomic mass is 10.1. The number of rotatable bonds is 5. The summed E-state index contributed by atoms with van der Waals surface area (Å²) in [6.45, 7) is 1.71. The van der Waals surface area contributed by atoms with Crippen LogP contribution in [0.15, 0.2) is 24.3 Å². The Morgan fingerprint density at radius 1 is 1.31 bits per heavy atom. The summed E-state index contributed by atoms with van der Waals surface area (Å²) in [5, 5.41) is 6.41. The van der Waals surface area contributed by atoms with Crippen molar-refractivity contribution in [3.63, 3.8) is 0 Å². The summed E-state index contributed by atoms with van der Waals surface area (Å²) >= 11 is 5.84. The normalized spacial score (nSPS) is 22.2. The maximum absolute atomic E-state index is 12.5. The van der Waals surface area contributed by atoms with Crippen molar-refractivity contribution in [3.8, 4) is 0 Å². The van der Waals surface area contributed by atoms with Gasteiger partial charge in [0.25, 0.3) is 5.91 Å². The van der Waals surface area contributed by atoms with E-state index in [1.165, 1.54) is 0 Å². The molecule has 2 aliphatic heterocycles. The number of hydrogen-bond acceptors (Lipinski definition) is 4. The van der Waals surface area contributed by atoms with E-state index in [0.29, 0.717) is 10.7 Å². The van der Waals surface area contributed by atoms with Crippen LogP contribution in [0.2, 0.25) is 5.02 Å². The van der Waals surface area contributed by atoms with E-state index in [9.17, 15) is 14.4 Å². The third-order valence-corrected chi connectivity index (χ3v) is 4.98. The highest BCUT2D eigenvalue weighted by atomic mass is 35.5. The van der Waals surface area contributed by atoms with Crippen molar-refractivity contribution in [2.24, 2.45) is 0 Å². The smallest absolute Gasteiger partial charge is 0.329 e. The van der Waals surface area contributed by atoms with Crippen molar-refractivity contribution in [2.75, 3.05) is 25.0 Å². The number of halogens is 2. The quantitative estimate of drug-likeness (QED) is 0.738. The standard InChI is InChI=1S/C17H21ClN4O3.ClH/c1-21(13-8-9-19-10-13)15(23)7-6-14-16(24)22(17(25)20-14)12-4-2-11(18)3-5-12;/h2-5,13-14,19H,6-10H2,1H3,(H,20,25);1H. The maximum Gasteiger partial charge on any atom is 0.329 e. The van der Waals surface area contributed by atoms with Crippen molar-refractivity contribution in [1.29, 1.82) is 0 Å². The van der Waals surface area contributed by atoms with Crippen LogP contribution in [0.25, 0.3) is 0 Å². The van der Waals surface area contributed by atoms with E-state index in [-0.39, 0.29) is 43.1 Å². The summed E-state index contributed by atoms with van der Waals surface area (Å²) in [7, 11) is 1.79. The van der Waals surface area contributed by atoms with Gasteiger partial charge in [-0.15, -0.1) is 12.4 Å². The van der Waals surface area contributed by atoms with Gasteiger partial charge in [0, 0.05) is 31.1 Å². The van der Waals surface area contributed by atoms with Crippen LogP contribution < -0.4 is 15.5 Å². The van der Waals surface area contributed by atoms with Crippen molar-refractivity contribution in [1.82, 2.24) is 15.5 Å². The highest BCUT2D eigenvalue weighted by Crippen LogP contribution is 2.23. The van der Waals surface area contributed by atoms with Gasteiger partial charge >= 0.3 is 6.03 Å². The van der Waals surface area contributed by atoms with Gasteiger partial charge in [-0.05, 0) is 43.7 Å². The molecule has 0 aromatic heterocycles. The second-order valence-corrected chi connectivity index (χ2v) is 6.78. The lowest BCUT2D eigenvalue weighted by molar-refractivity contribution is -0.131. The molecule has 142 valence electrons. The fourth-order valence-electron chi connectivity index (χ4n) is 3.18. The van der Waals surface area contributed by atoms with Crippen molar-refractivity contribution >= 4 is 47.5 Å². The first-order valence-corrected chi connectivity index (χ1v) is 8.71. The number of benzene rings is 1. The summed E-state index contributed by atoms with van der Waals surface area (Å²) < 4.78 is 0. The molecule has 0 bridgehead atoms. The molecule has 4 amide bonds. The number of imide groups is 1. The van der Waals surface area contributed by atoms with Gasteiger partial charge in [0.15, 0.2) is 0 Å². The Labute approximate surface area is 163 Å². The summed E-state index contributed by atoms with van der Waals surface area (Å²) in [5.41, 5.74) is 0.467. The van der Waals surface area contributed by atoms with E-state index in [1.54, 1.807) is 36.2 Å². The first kappa shape index (κ1) is 20.5. The molecule has 2 fully saturated rings. The molecule has 0 spiro atoms. The van der Waals surface area contributed by atoms with E-state index in [1.807, 2.05) is 0 Å². The van der Waals surface area contributed by atoms with Crippen LogP contribution in [0.3, 0.4) is 0 Å². The SMILES string of the molecule is CN(C(=O)CCC1NC(=O)N(c2ccc(Cl)cc2)C1=O)C1CCNC1.Cl. The predicted octanol–water partition coefficient (Wildman–Crippen LogP) is 1.79. The van der Waals surface area contributed by atoms with Crippen LogP contribution in [0.4, 0.5) is 10.5 Å². The minimum atomic E-state index is -0.678. The molecule has 0 radical (unpaired) electrons. The second kappa shape index (κ2) is 8.70. The molecule has 3 rings (SSSR count). The highest BCUT2D eigenvalue weighted by molar-refractivity contribution is 6.30. The molecule has 7 nitrogen and oxygen atoms in total. The molecule has 2 saturated heterocycles. The second-order valence-electron chi connectivity index (χ2n) is 6.34. The minimum absolute atomic E-state index is 0. The average Bonchev–Trinajstić information content (AvgIpc) is 3.22. The number of nitrogens with zero attached hydrogens (tertiary/aromatic N) is 2. The molecule has 0 saturated carbocycles. The zero-order chi connectivity index (χ0) is 18.0. The Bertz CT molecular complexity index is 677. The van der Waals surface area contributed by atoms with Gasteiger partial charge in [-0.25, -0.2) is 9.69 Å². The van der Waals surface area contributed by atoms with Crippen LogP contribution in [0.1, 0.15) is 19.3 Å². The Hall–Kier alpha value is -1.83. The Balaban J connectivity index is 0.00000243. The van der Waals surface area contributed by atoms with Gasteiger partial charge < -0.3 is 15.5 Å². The number of carbonyl (C=O) groups excluding carboxylic acids is 3. The topological polar surface area (TPSA) is 81.8 Å². The average molecular weight is 401 g/mol. The number of urea groups is 1. The molecule has 2 aliphatic rings. The third kappa shape index (κ3) is 4.28. The number of anilines is 1. The molecular formula is C17H22Cl2N4O3. The van der Waals surface area contributed by atoms with Gasteiger partial charge in [-0.1, -0.05) is 11.6 Å².